The Balaban J connectivity index is 1.86. The molecule has 0 aliphatic rings. The van der Waals surface area contributed by atoms with Gasteiger partial charge in [0.25, 0.3) is 0 Å². The molecule has 1 heterocycles. The van der Waals surface area contributed by atoms with Gasteiger partial charge in [-0.15, -0.1) is 0 Å². The summed E-state index contributed by atoms with van der Waals surface area (Å²) in [6.07, 6.45) is 1.01. The average Bonchev–Trinajstić information content (AvgIpc) is 2.74. The molecule has 0 saturated carbocycles. The summed E-state index contributed by atoms with van der Waals surface area (Å²) in [4.78, 5) is 14.3. The van der Waals surface area contributed by atoms with Crippen molar-refractivity contribution in [2.24, 2.45) is 0 Å². The fourth-order valence-corrected chi connectivity index (χ4v) is 3.06. The monoisotopic (exact) mass is 365 g/mol. The molecule has 0 aliphatic heterocycles. The van der Waals surface area contributed by atoms with Crippen LogP contribution in [-0.4, -0.2) is 15.0 Å². The number of hydrogen-bond acceptors (Lipinski definition) is 3. The number of benzene rings is 3. The first-order valence-corrected chi connectivity index (χ1v) is 9.62. The third-order valence-electron chi connectivity index (χ3n) is 4.88. The molecule has 4 rings (SSSR count). The zero-order valence-electron chi connectivity index (χ0n) is 16.5. The molecule has 0 radical (unpaired) electrons. The summed E-state index contributed by atoms with van der Waals surface area (Å²) >= 11 is 0. The SMILES string of the molecule is CCc1ccc(-c2nc(-c3ccc(C)cc3)nc(-c3ccc(C)cc3)n2)cc1. The van der Waals surface area contributed by atoms with Crippen molar-refractivity contribution in [3.05, 3.63) is 89.5 Å². The molecule has 138 valence electrons. The van der Waals surface area contributed by atoms with Gasteiger partial charge in [-0.05, 0) is 25.8 Å². The molecule has 0 unspecified atom stereocenters. The van der Waals surface area contributed by atoms with Gasteiger partial charge in [0.2, 0.25) is 0 Å². The van der Waals surface area contributed by atoms with E-state index in [0.29, 0.717) is 17.5 Å². The molecule has 3 aromatic carbocycles. The van der Waals surface area contributed by atoms with Crippen molar-refractivity contribution in [2.45, 2.75) is 27.2 Å². The van der Waals surface area contributed by atoms with Crippen LogP contribution in [0.5, 0.6) is 0 Å². The Morgan fingerprint density at radius 2 is 0.821 bits per heavy atom. The van der Waals surface area contributed by atoms with Crippen LogP contribution < -0.4 is 0 Å². The van der Waals surface area contributed by atoms with E-state index in [1.807, 2.05) is 0 Å². The van der Waals surface area contributed by atoms with Crippen molar-refractivity contribution in [3.8, 4) is 34.2 Å². The second-order valence-electron chi connectivity index (χ2n) is 7.09. The van der Waals surface area contributed by atoms with Crippen LogP contribution in [0.3, 0.4) is 0 Å². The summed E-state index contributed by atoms with van der Waals surface area (Å²) in [5.74, 6) is 2.09. The van der Waals surface area contributed by atoms with Crippen LogP contribution in [0.25, 0.3) is 34.2 Å². The van der Waals surface area contributed by atoms with E-state index in [0.717, 1.165) is 23.1 Å². The van der Waals surface area contributed by atoms with E-state index in [9.17, 15) is 0 Å². The maximum atomic E-state index is 4.78. The second kappa shape index (κ2) is 7.73. The maximum Gasteiger partial charge on any atom is 0.164 e. The average molecular weight is 365 g/mol. The van der Waals surface area contributed by atoms with Crippen LogP contribution in [0, 0.1) is 13.8 Å². The van der Waals surface area contributed by atoms with Crippen LogP contribution in [-0.2, 0) is 6.42 Å². The molecular formula is C25H23N3. The van der Waals surface area contributed by atoms with Gasteiger partial charge in [0.15, 0.2) is 17.5 Å². The van der Waals surface area contributed by atoms with Crippen molar-refractivity contribution >= 4 is 0 Å². The van der Waals surface area contributed by atoms with Gasteiger partial charge in [-0.3, -0.25) is 0 Å². The molecule has 28 heavy (non-hydrogen) atoms. The summed E-state index contributed by atoms with van der Waals surface area (Å²) < 4.78 is 0. The predicted molar refractivity (Wildman–Crippen MR) is 115 cm³/mol. The quantitative estimate of drug-likeness (QED) is 0.442. The second-order valence-corrected chi connectivity index (χ2v) is 7.09. The van der Waals surface area contributed by atoms with Crippen molar-refractivity contribution in [1.29, 1.82) is 0 Å². The number of hydrogen-bond donors (Lipinski definition) is 0. The van der Waals surface area contributed by atoms with Crippen LogP contribution in [0.15, 0.2) is 72.8 Å². The highest BCUT2D eigenvalue weighted by Gasteiger charge is 2.12. The molecule has 0 bridgehead atoms. The zero-order chi connectivity index (χ0) is 19.5. The third kappa shape index (κ3) is 3.84. The Morgan fingerprint density at radius 1 is 0.500 bits per heavy atom. The fourth-order valence-electron chi connectivity index (χ4n) is 3.06. The van der Waals surface area contributed by atoms with E-state index in [4.69, 9.17) is 15.0 Å². The number of rotatable bonds is 4. The highest BCUT2D eigenvalue weighted by molar-refractivity contribution is 5.66. The molecule has 0 fully saturated rings. The molecule has 0 amide bonds. The first-order valence-electron chi connectivity index (χ1n) is 9.62. The lowest BCUT2D eigenvalue weighted by molar-refractivity contribution is 1.07. The van der Waals surface area contributed by atoms with Gasteiger partial charge in [0, 0.05) is 16.7 Å². The summed E-state index contributed by atoms with van der Waals surface area (Å²) in [7, 11) is 0. The van der Waals surface area contributed by atoms with Crippen LogP contribution in [0.4, 0.5) is 0 Å². The highest BCUT2D eigenvalue weighted by atomic mass is 15.0. The Hall–Kier alpha value is -3.33. The summed E-state index contributed by atoms with van der Waals surface area (Å²) in [6.45, 7) is 6.31. The highest BCUT2D eigenvalue weighted by Crippen LogP contribution is 2.25. The lowest BCUT2D eigenvalue weighted by atomic mass is 10.1. The van der Waals surface area contributed by atoms with Crippen molar-refractivity contribution in [1.82, 2.24) is 15.0 Å². The molecule has 1 aromatic heterocycles. The molecular weight excluding hydrogens is 342 g/mol. The summed E-state index contributed by atoms with van der Waals surface area (Å²) in [6, 6.07) is 25.0. The van der Waals surface area contributed by atoms with Gasteiger partial charge >= 0.3 is 0 Å². The van der Waals surface area contributed by atoms with Crippen LogP contribution >= 0.6 is 0 Å². The number of aromatic nitrogens is 3. The van der Waals surface area contributed by atoms with Crippen LogP contribution in [0.1, 0.15) is 23.6 Å². The van der Waals surface area contributed by atoms with Crippen LogP contribution in [0.2, 0.25) is 0 Å². The standard InChI is InChI=1S/C25H23N3/c1-4-19-9-15-22(16-10-19)25-27-23(20-11-5-17(2)6-12-20)26-24(28-25)21-13-7-18(3)8-14-21/h5-16H,4H2,1-3H3. The third-order valence-corrected chi connectivity index (χ3v) is 4.88. The van der Waals surface area contributed by atoms with E-state index in [-0.39, 0.29) is 0 Å². The van der Waals surface area contributed by atoms with E-state index < -0.39 is 0 Å². The molecule has 0 saturated heterocycles. The van der Waals surface area contributed by atoms with Crippen molar-refractivity contribution < 1.29 is 0 Å². The van der Waals surface area contributed by atoms with Gasteiger partial charge in [0.1, 0.15) is 0 Å². The molecule has 3 heteroatoms. The Kier molecular flexibility index (Phi) is 4.98. The lowest BCUT2D eigenvalue weighted by Crippen LogP contribution is -2.00. The summed E-state index contributed by atoms with van der Waals surface area (Å²) in [5.41, 5.74) is 6.72. The van der Waals surface area contributed by atoms with E-state index in [1.54, 1.807) is 0 Å². The minimum absolute atomic E-state index is 0.695. The first-order chi connectivity index (χ1) is 13.6. The summed E-state index contributed by atoms with van der Waals surface area (Å²) in [5, 5.41) is 0. The molecule has 4 aromatic rings. The van der Waals surface area contributed by atoms with E-state index in [1.165, 1.54) is 16.7 Å². The maximum absolute atomic E-state index is 4.78. The van der Waals surface area contributed by atoms with Gasteiger partial charge in [-0.2, -0.15) is 0 Å². The van der Waals surface area contributed by atoms with Crippen molar-refractivity contribution in [2.75, 3.05) is 0 Å². The molecule has 0 aliphatic carbocycles. The molecule has 0 N–H and O–H groups in total. The fraction of sp³-hybridized carbons (Fsp3) is 0.160. The number of aryl methyl sites for hydroxylation is 3. The Morgan fingerprint density at radius 3 is 1.14 bits per heavy atom. The molecule has 3 nitrogen and oxygen atoms in total. The van der Waals surface area contributed by atoms with Crippen molar-refractivity contribution in [3.63, 3.8) is 0 Å². The molecule has 0 spiro atoms. The van der Waals surface area contributed by atoms with Gasteiger partial charge in [-0.1, -0.05) is 90.8 Å². The Labute approximate surface area is 166 Å². The normalized spacial score (nSPS) is 10.8. The molecule has 0 atom stereocenters. The van der Waals surface area contributed by atoms with Gasteiger partial charge in [-0.25, -0.2) is 15.0 Å². The lowest BCUT2D eigenvalue weighted by Gasteiger charge is -2.09. The first kappa shape index (κ1) is 18.1. The van der Waals surface area contributed by atoms with E-state index in [2.05, 4.69) is 93.6 Å². The number of nitrogens with zero attached hydrogens (tertiary/aromatic N) is 3. The topological polar surface area (TPSA) is 38.7 Å². The predicted octanol–water partition coefficient (Wildman–Crippen LogP) is 6.05. The Bertz CT molecular complexity index is 1020. The zero-order valence-corrected chi connectivity index (χ0v) is 16.5. The van der Waals surface area contributed by atoms with Gasteiger partial charge < -0.3 is 0 Å². The minimum Gasteiger partial charge on any atom is -0.208 e. The van der Waals surface area contributed by atoms with Gasteiger partial charge in [0.05, 0.1) is 0 Å². The smallest absolute Gasteiger partial charge is 0.164 e. The largest absolute Gasteiger partial charge is 0.208 e. The van der Waals surface area contributed by atoms with E-state index >= 15 is 0 Å². The minimum atomic E-state index is 0.695.